The smallest absolute Gasteiger partial charge is 0.276 e. The minimum Gasteiger partial charge on any atom is -0.322 e. The van der Waals surface area contributed by atoms with Gasteiger partial charge in [-0.05, 0) is 32.3 Å². The Bertz CT molecular complexity index is 578. The van der Waals surface area contributed by atoms with Crippen LogP contribution < -0.4 is 11.2 Å². The van der Waals surface area contributed by atoms with E-state index in [-0.39, 0.29) is 11.6 Å². The molecule has 0 saturated carbocycles. The molecule has 0 spiro atoms. The maximum absolute atomic E-state index is 11.5. The van der Waals surface area contributed by atoms with Crippen LogP contribution in [0, 0.1) is 11.8 Å². The number of benzene rings is 1. The first kappa shape index (κ1) is 12.1. The van der Waals surface area contributed by atoms with Crippen molar-refractivity contribution in [1.29, 1.82) is 0 Å². The van der Waals surface area contributed by atoms with Crippen LogP contribution in [0.5, 0.6) is 0 Å². The van der Waals surface area contributed by atoms with E-state index in [1.165, 1.54) is 0 Å². The van der Waals surface area contributed by atoms with Crippen LogP contribution in [0.2, 0.25) is 0 Å². The van der Waals surface area contributed by atoms with E-state index in [1.54, 1.807) is 0 Å². The van der Waals surface area contributed by atoms with Crippen LogP contribution in [0.4, 0.5) is 5.69 Å². The summed E-state index contributed by atoms with van der Waals surface area (Å²) in [6.45, 7) is 0.687. The van der Waals surface area contributed by atoms with Crippen molar-refractivity contribution in [2.45, 2.75) is 0 Å². The third-order valence-corrected chi connectivity index (χ3v) is 2.50. The highest BCUT2D eigenvalue weighted by Crippen LogP contribution is 2.23. The van der Waals surface area contributed by atoms with Gasteiger partial charge in [0.1, 0.15) is 0 Å². The molecule has 0 fully saturated rings. The van der Waals surface area contributed by atoms with E-state index in [4.69, 9.17) is 5.84 Å². The molecule has 3 N–H and O–H groups in total. The fourth-order valence-corrected chi connectivity index (χ4v) is 1.66. The number of hydrogen-bond acceptors (Lipinski definition) is 4. The Morgan fingerprint density at radius 2 is 2.22 bits per heavy atom. The highest BCUT2D eigenvalue weighted by Gasteiger charge is 2.25. The lowest BCUT2D eigenvalue weighted by atomic mass is 10.1. The summed E-state index contributed by atoms with van der Waals surface area (Å²) in [6, 6.07) is 5.49. The second-order valence-corrected chi connectivity index (χ2v) is 4.23. The van der Waals surface area contributed by atoms with Gasteiger partial charge in [-0.1, -0.05) is 11.8 Å². The van der Waals surface area contributed by atoms with E-state index < -0.39 is 0 Å². The molecule has 1 aliphatic rings. The predicted molar refractivity (Wildman–Crippen MR) is 71.2 cm³/mol. The standard InChI is InChI=1S/C13H14N4O/c1-17(2)7-3-4-9-5-6-11-10(8-9)12(16-14)13(18)15-11/h5-6,8H,7,14H2,1-2H3,(H,15,16,18). The van der Waals surface area contributed by atoms with Crippen LogP contribution in [0.15, 0.2) is 23.3 Å². The first-order chi connectivity index (χ1) is 8.61. The van der Waals surface area contributed by atoms with Crippen LogP contribution in [0.25, 0.3) is 0 Å². The predicted octanol–water partition coefficient (Wildman–Crippen LogP) is 0.215. The van der Waals surface area contributed by atoms with Gasteiger partial charge in [0.25, 0.3) is 5.91 Å². The van der Waals surface area contributed by atoms with Crippen molar-refractivity contribution in [3.05, 3.63) is 29.3 Å². The summed E-state index contributed by atoms with van der Waals surface area (Å²) in [5.74, 6) is 11.0. The number of nitrogens with one attached hydrogen (secondary N) is 1. The highest BCUT2D eigenvalue weighted by molar-refractivity contribution is 6.53. The quantitative estimate of drug-likeness (QED) is 0.420. The van der Waals surface area contributed by atoms with Gasteiger partial charge < -0.3 is 11.2 Å². The van der Waals surface area contributed by atoms with Gasteiger partial charge in [0.05, 0.1) is 12.2 Å². The molecule has 1 aliphatic heterocycles. The Labute approximate surface area is 106 Å². The number of carbonyl (C=O) groups is 1. The molecular formula is C13H14N4O. The third kappa shape index (κ3) is 2.34. The number of hydrazone groups is 1. The fourth-order valence-electron chi connectivity index (χ4n) is 1.66. The Hall–Kier alpha value is -2.32. The van der Waals surface area contributed by atoms with Crippen molar-refractivity contribution in [2.24, 2.45) is 10.9 Å². The van der Waals surface area contributed by atoms with Crippen molar-refractivity contribution >= 4 is 17.3 Å². The van der Waals surface area contributed by atoms with Gasteiger partial charge in [-0.3, -0.25) is 9.69 Å². The number of rotatable bonds is 1. The molecule has 5 nitrogen and oxygen atoms in total. The van der Waals surface area contributed by atoms with E-state index in [1.807, 2.05) is 37.2 Å². The van der Waals surface area contributed by atoms with Gasteiger partial charge in [-0.15, -0.1) is 0 Å². The van der Waals surface area contributed by atoms with Gasteiger partial charge >= 0.3 is 0 Å². The lowest BCUT2D eigenvalue weighted by molar-refractivity contribution is -0.110. The molecule has 0 atom stereocenters. The first-order valence-corrected chi connectivity index (χ1v) is 5.49. The normalized spacial score (nSPS) is 15.3. The molecule has 18 heavy (non-hydrogen) atoms. The Kier molecular flexibility index (Phi) is 3.31. The third-order valence-electron chi connectivity index (χ3n) is 2.50. The lowest BCUT2D eigenvalue weighted by Gasteiger charge is -2.01. The maximum Gasteiger partial charge on any atom is 0.276 e. The SMILES string of the molecule is CN(C)CC#Cc1ccc2c(c1)/C(=N/N)C(=O)N2. The second kappa shape index (κ2) is 4.90. The zero-order valence-electron chi connectivity index (χ0n) is 10.3. The average Bonchev–Trinajstić information content (AvgIpc) is 2.63. The Morgan fingerprint density at radius 3 is 2.89 bits per heavy atom. The summed E-state index contributed by atoms with van der Waals surface area (Å²) < 4.78 is 0. The zero-order valence-corrected chi connectivity index (χ0v) is 10.3. The average molecular weight is 242 g/mol. The second-order valence-electron chi connectivity index (χ2n) is 4.23. The molecule has 1 aromatic carbocycles. The minimum atomic E-state index is -0.272. The molecule has 1 heterocycles. The van der Waals surface area contributed by atoms with Crippen LogP contribution >= 0.6 is 0 Å². The molecule has 2 rings (SSSR count). The van der Waals surface area contributed by atoms with E-state index in [0.29, 0.717) is 12.1 Å². The number of anilines is 1. The molecule has 1 aromatic rings. The first-order valence-electron chi connectivity index (χ1n) is 5.49. The Balaban J connectivity index is 2.30. The largest absolute Gasteiger partial charge is 0.322 e. The van der Waals surface area contributed by atoms with Crippen molar-refractivity contribution in [3.8, 4) is 11.8 Å². The van der Waals surface area contributed by atoms with Crippen LogP contribution in [0.1, 0.15) is 11.1 Å². The molecule has 92 valence electrons. The number of nitrogens with two attached hydrogens (primary N) is 1. The van der Waals surface area contributed by atoms with E-state index >= 15 is 0 Å². The summed E-state index contributed by atoms with van der Waals surface area (Å²) in [7, 11) is 3.91. The summed E-state index contributed by atoms with van der Waals surface area (Å²) in [5, 5.41) is 6.20. The summed E-state index contributed by atoms with van der Waals surface area (Å²) in [4.78, 5) is 13.5. The van der Waals surface area contributed by atoms with Crippen LogP contribution in [-0.2, 0) is 4.79 Å². The summed E-state index contributed by atoms with van der Waals surface area (Å²) in [5.41, 5.74) is 2.52. The number of hydrogen-bond donors (Lipinski definition) is 2. The molecule has 0 bridgehead atoms. The topological polar surface area (TPSA) is 70.7 Å². The Morgan fingerprint density at radius 1 is 1.44 bits per heavy atom. The van der Waals surface area contributed by atoms with Crippen LogP contribution in [-0.4, -0.2) is 37.2 Å². The van der Waals surface area contributed by atoms with Crippen molar-refractivity contribution in [1.82, 2.24) is 4.90 Å². The molecule has 5 heteroatoms. The van der Waals surface area contributed by atoms with Crippen molar-refractivity contribution < 1.29 is 4.79 Å². The maximum atomic E-state index is 11.5. The van der Waals surface area contributed by atoms with Gasteiger partial charge in [0.2, 0.25) is 0 Å². The van der Waals surface area contributed by atoms with Gasteiger partial charge in [-0.25, -0.2) is 0 Å². The van der Waals surface area contributed by atoms with E-state index in [2.05, 4.69) is 22.3 Å². The number of carbonyl (C=O) groups excluding carboxylic acids is 1. The molecular weight excluding hydrogens is 228 g/mol. The molecule has 0 radical (unpaired) electrons. The minimum absolute atomic E-state index is 0.251. The lowest BCUT2D eigenvalue weighted by Crippen LogP contribution is -2.15. The number of amides is 1. The van der Waals surface area contributed by atoms with E-state index in [0.717, 1.165) is 11.3 Å². The molecule has 0 aromatic heterocycles. The summed E-state index contributed by atoms with van der Waals surface area (Å²) in [6.07, 6.45) is 0. The molecule has 0 unspecified atom stereocenters. The number of nitrogens with zero attached hydrogens (tertiary/aromatic N) is 2. The van der Waals surface area contributed by atoms with Crippen molar-refractivity contribution in [3.63, 3.8) is 0 Å². The molecule has 0 aliphatic carbocycles. The monoisotopic (exact) mass is 242 g/mol. The fraction of sp³-hybridized carbons (Fsp3) is 0.231. The zero-order chi connectivity index (χ0) is 13.1. The van der Waals surface area contributed by atoms with Crippen LogP contribution in [0.3, 0.4) is 0 Å². The van der Waals surface area contributed by atoms with Gasteiger partial charge in [0, 0.05) is 11.1 Å². The molecule has 1 amide bonds. The van der Waals surface area contributed by atoms with E-state index in [9.17, 15) is 4.79 Å². The summed E-state index contributed by atoms with van der Waals surface area (Å²) >= 11 is 0. The van der Waals surface area contributed by atoms with Gasteiger partial charge in [-0.2, -0.15) is 5.10 Å². The van der Waals surface area contributed by atoms with Crippen molar-refractivity contribution in [2.75, 3.05) is 26.0 Å². The van der Waals surface area contributed by atoms with Gasteiger partial charge in [0.15, 0.2) is 5.71 Å². The molecule has 0 saturated heterocycles. The number of fused-ring (bicyclic) bond motifs is 1. The highest BCUT2D eigenvalue weighted by atomic mass is 16.2.